The van der Waals surface area contributed by atoms with Crippen LogP contribution in [-0.2, 0) is 9.53 Å². The van der Waals surface area contributed by atoms with Gasteiger partial charge in [-0.1, -0.05) is 19.1 Å². The second-order valence-electron chi connectivity index (χ2n) is 4.21. The smallest absolute Gasteiger partial charge is 0.327 e. The Labute approximate surface area is 108 Å². The first kappa shape index (κ1) is 14.5. The second-order valence-corrected chi connectivity index (χ2v) is 4.21. The highest BCUT2D eigenvalue weighted by atomic mass is 16.5. The lowest BCUT2D eigenvalue weighted by Gasteiger charge is -2.21. The van der Waals surface area contributed by atoms with Gasteiger partial charge in [0, 0.05) is 6.04 Å². The number of ether oxygens (including phenoxy) is 2. The molecule has 0 amide bonds. The fraction of sp³-hybridized carbons (Fsp3) is 0.500. The molecule has 0 spiro atoms. The summed E-state index contributed by atoms with van der Waals surface area (Å²) in [5.41, 5.74) is 0.878. The fourth-order valence-corrected chi connectivity index (χ4v) is 1.62. The van der Waals surface area contributed by atoms with Crippen LogP contribution in [0.15, 0.2) is 24.3 Å². The van der Waals surface area contributed by atoms with Crippen molar-refractivity contribution in [3.05, 3.63) is 29.8 Å². The van der Waals surface area contributed by atoms with Crippen molar-refractivity contribution in [2.24, 2.45) is 0 Å². The predicted octanol–water partition coefficient (Wildman–Crippen LogP) is 2.30. The van der Waals surface area contributed by atoms with Crippen molar-refractivity contribution in [3.63, 3.8) is 0 Å². The Morgan fingerprint density at radius 1 is 1.28 bits per heavy atom. The average Bonchev–Trinajstić information content (AvgIpc) is 2.43. The molecule has 0 aromatic heterocycles. The van der Waals surface area contributed by atoms with Crippen LogP contribution in [0.4, 0.5) is 0 Å². The first-order valence-corrected chi connectivity index (χ1v) is 6.10. The highest BCUT2D eigenvalue weighted by molar-refractivity contribution is 5.77. The van der Waals surface area contributed by atoms with Crippen LogP contribution in [0.5, 0.6) is 5.75 Å². The van der Waals surface area contributed by atoms with Crippen molar-refractivity contribution >= 4 is 5.97 Å². The van der Waals surface area contributed by atoms with Crippen molar-refractivity contribution in [1.82, 2.24) is 5.32 Å². The largest absolute Gasteiger partial charge is 0.497 e. The molecule has 100 valence electrons. The molecule has 0 fully saturated rings. The maximum absolute atomic E-state index is 11.8. The van der Waals surface area contributed by atoms with E-state index in [1.54, 1.807) is 7.11 Å². The summed E-state index contributed by atoms with van der Waals surface area (Å²) in [7, 11) is 3.02. The molecule has 0 aliphatic rings. The Morgan fingerprint density at radius 3 is 2.33 bits per heavy atom. The molecule has 0 heterocycles. The summed E-state index contributed by atoms with van der Waals surface area (Å²) in [6.45, 7) is 4.11. The lowest BCUT2D eigenvalue weighted by atomic mass is 10.1. The van der Waals surface area contributed by atoms with Gasteiger partial charge in [0.15, 0.2) is 0 Å². The molecule has 4 nitrogen and oxygen atoms in total. The van der Waals surface area contributed by atoms with Crippen molar-refractivity contribution in [2.45, 2.75) is 32.4 Å². The zero-order valence-electron chi connectivity index (χ0n) is 11.4. The summed E-state index contributed by atoms with van der Waals surface area (Å²) < 4.78 is 9.94. The van der Waals surface area contributed by atoms with E-state index in [1.165, 1.54) is 7.11 Å². The zero-order valence-corrected chi connectivity index (χ0v) is 11.4. The molecule has 2 atom stereocenters. The summed E-state index contributed by atoms with van der Waals surface area (Å²) in [5.74, 6) is 0.492. The Hall–Kier alpha value is -1.55. The van der Waals surface area contributed by atoms with Crippen molar-refractivity contribution < 1.29 is 14.3 Å². The Kier molecular flexibility index (Phi) is 5.65. The molecule has 0 aliphatic heterocycles. The van der Waals surface area contributed by atoms with E-state index in [0.717, 1.165) is 17.7 Å². The minimum absolute atomic E-state index is 0.246. The molecular formula is C14H21NO3. The highest BCUT2D eigenvalue weighted by Gasteiger charge is 2.22. The molecule has 0 radical (unpaired) electrons. The molecule has 0 saturated carbocycles. The van der Waals surface area contributed by atoms with E-state index in [0.29, 0.717) is 0 Å². The molecule has 1 aromatic carbocycles. The van der Waals surface area contributed by atoms with E-state index in [4.69, 9.17) is 9.47 Å². The predicted molar refractivity (Wildman–Crippen MR) is 70.6 cm³/mol. The van der Waals surface area contributed by atoms with E-state index >= 15 is 0 Å². The van der Waals surface area contributed by atoms with Crippen LogP contribution < -0.4 is 10.1 Å². The normalized spacial score (nSPS) is 13.8. The van der Waals surface area contributed by atoms with E-state index in [1.807, 2.05) is 31.2 Å². The summed E-state index contributed by atoms with van der Waals surface area (Å²) in [5, 5.41) is 3.26. The van der Waals surface area contributed by atoms with Gasteiger partial charge in [0.1, 0.15) is 11.8 Å². The van der Waals surface area contributed by atoms with Crippen molar-refractivity contribution in [1.29, 1.82) is 0 Å². The number of carbonyl (C=O) groups excluding carboxylic acids is 1. The molecule has 1 N–H and O–H groups in total. The number of esters is 1. The topological polar surface area (TPSA) is 47.6 Å². The molecule has 0 saturated heterocycles. The average molecular weight is 251 g/mol. The van der Waals surface area contributed by atoms with Gasteiger partial charge in [-0.25, -0.2) is 4.79 Å². The van der Waals surface area contributed by atoms with Gasteiger partial charge in [0.2, 0.25) is 0 Å². The summed E-state index contributed by atoms with van der Waals surface area (Å²) in [6.07, 6.45) is 0.948. The molecule has 18 heavy (non-hydrogen) atoms. The number of nitrogens with one attached hydrogen (secondary N) is 1. The van der Waals surface area contributed by atoms with Crippen LogP contribution >= 0.6 is 0 Å². The lowest BCUT2D eigenvalue weighted by Crippen LogP contribution is -2.35. The van der Waals surface area contributed by atoms with Gasteiger partial charge in [0.05, 0.1) is 14.2 Å². The van der Waals surface area contributed by atoms with Crippen LogP contribution in [0.3, 0.4) is 0 Å². The van der Waals surface area contributed by atoms with Gasteiger partial charge in [-0.15, -0.1) is 0 Å². The van der Waals surface area contributed by atoms with Gasteiger partial charge >= 0.3 is 5.97 Å². The van der Waals surface area contributed by atoms with E-state index < -0.39 is 6.04 Å². The van der Waals surface area contributed by atoms with E-state index in [9.17, 15) is 4.79 Å². The maximum atomic E-state index is 11.8. The third-order valence-corrected chi connectivity index (χ3v) is 2.95. The monoisotopic (exact) mass is 251 g/mol. The minimum Gasteiger partial charge on any atom is -0.497 e. The number of hydrogen-bond acceptors (Lipinski definition) is 4. The molecule has 1 aromatic rings. The van der Waals surface area contributed by atoms with E-state index in [2.05, 4.69) is 12.2 Å². The van der Waals surface area contributed by atoms with Gasteiger partial charge in [-0.3, -0.25) is 5.32 Å². The molecular weight excluding hydrogens is 230 g/mol. The summed E-state index contributed by atoms with van der Waals surface area (Å²) in [4.78, 5) is 11.8. The molecule has 0 aliphatic carbocycles. The fourth-order valence-electron chi connectivity index (χ4n) is 1.62. The van der Waals surface area contributed by atoms with Gasteiger partial charge in [-0.2, -0.15) is 0 Å². The standard InChI is InChI=1S/C14H21NO3/c1-5-10(2)15-13(14(16)18-4)11-6-8-12(17-3)9-7-11/h6-10,13,15H,5H2,1-4H3. The summed E-state index contributed by atoms with van der Waals surface area (Å²) in [6, 6.07) is 7.23. The van der Waals surface area contributed by atoms with Crippen LogP contribution in [-0.4, -0.2) is 26.2 Å². The van der Waals surface area contributed by atoms with Gasteiger partial charge < -0.3 is 9.47 Å². The second kappa shape index (κ2) is 7.01. The minimum atomic E-state index is -0.434. The first-order valence-electron chi connectivity index (χ1n) is 6.10. The zero-order chi connectivity index (χ0) is 13.5. The molecule has 2 unspecified atom stereocenters. The van der Waals surface area contributed by atoms with Crippen LogP contribution in [0.25, 0.3) is 0 Å². The Morgan fingerprint density at radius 2 is 1.89 bits per heavy atom. The van der Waals surface area contributed by atoms with E-state index in [-0.39, 0.29) is 12.0 Å². The number of methoxy groups -OCH3 is 2. The number of carbonyl (C=O) groups is 1. The quantitative estimate of drug-likeness (QED) is 0.788. The van der Waals surface area contributed by atoms with Crippen LogP contribution in [0, 0.1) is 0 Å². The first-order chi connectivity index (χ1) is 8.62. The third kappa shape index (κ3) is 3.74. The number of benzene rings is 1. The summed E-state index contributed by atoms with van der Waals surface area (Å²) >= 11 is 0. The Balaban J connectivity index is 2.90. The van der Waals surface area contributed by atoms with Crippen LogP contribution in [0.2, 0.25) is 0 Å². The number of hydrogen-bond donors (Lipinski definition) is 1. The van der Waals surface area contributed by atoms with Gasteiger partial charge in [-0.05, 0) is 31.0 Å². The Bertz CT molecular complexity index is 375. The lowest BCUT2D eigenvalue weighted by molar-refractivity contribution is -0.143. The van der Waals surface area contributed by atoms with Crippen LogP contribution in [0.1, 0.15) is 31.9 Å². The number of rotatable bonds is 6. The maximum Gasteiger partial charge on any atom is 0.327 e. The molecule has 1 rings (SSSR count). The van der Waals surface area contributed by atoms with Crippen molar-refractivity contribution in [3.8, 4) is 5.75 Å². The third-order valence-electron chi connectivity index (χ3n) is 2.95. The molecule has 4 heteroatoms. The SMILES string of the molecule is CCC(C)NC(C(=O)OC)c1ccc(OC)cc1. The van der Waals surface area contributed by atoms with Gasteiger partial charge in [0.25, 0.3) is 0 Å². The molecule has 0 bridgehead atoms. The highest BCUT2D eigenvalue weighted by Crippen LogP contribution is 2.19. The van der Waals surface area contributed by atoms with Crippen molar-refractivity contribution in [2.75, 3.05) is 14.2 Å².